The third-order valence-electron chi connectivity index (χ3n) is 3.69. The summed E-state index contributed by atoms with van der Waals surface area (Å²) in [6.07, 6.45) is 7.83. The summed E-state index contributed by atoms with van der Waals surface area (Å²) < 4.78 is 0.889. The van der Waals surface area contributed by atoms with E-state index in [1.807, 2.05) is 6.07 Å². The summed E-state index contributed by atoms with van der Waals surface area (Å²) in [7, 11) is 2.14. The first-order valence-corrected chi connectivity index (χ1v) is 7.73. The van der Waals surface area contributed by atoms with Crippen LogP contribution in [0.4, 0.5) is 5.82 Å². The fourth-order valence-electron chi connectivity index (χ4n) is 2.66. The summed E-state index contributed by atoms with van der Waals surface area (Å²) in [4.78, 5) is 11.2. The highest BCUT2D eigenvalue weighted by molar-refractivity contribution is 9.10. The molecule has 1 aliphatic carbocycles. The Labute approximate surface area is 118 Å². The lowest BCUT2D eigenvalue weighted by Crippen LogP contribution is -2.27. The van der Waals surface area contributed by atoms with Gasteiger partial charge in [-0.15, -0.1) is 0 Å². The first-order chi connectivity index (χ1) is 8.69. The molecule has 0 aliphatic heterocycles. The van der Waals surface area contributed by atoms with Crippen molar-refractivity contribution < 1.29 is 0 Å². The molecule has 0 saturated heterocycles. The molecule has 0 aromatic carbocycles. The molecule has 1 saturated carbocycles. The van der Waals surface area contributed by atoms with Gasteiger partial charge in [0, 0.05) is 26.1 Å². The number of aromatic nitrogens is 2. The van der Waals surface area contributed by atoms with E-state index in [-0.39, 0.29) is 0 Å². The highest BCUT2D eigenvalue weighted by Gasteiger charge is 2.16. The first-order valence-electron chi connectivity index (χ1n) is 6.93. The van der Waals surface area contributed by atoms with Gasteiger partial charge in [-0.25, -0.2) is 9.97 Å². The summed E-state index contributed by atoms with van der Waals surface area (Å²) in [6.45, 7) is 3.21. The number of hydrogen-bond acceptors (Lipinski definition) is 3. The van der Waals surface area contributed by atoms with Crippen LogP contribution in [0.25, 0.3) is 0 Å². The normalized spacial score (nSPS) is 16.8. The minimum Gasteiger partial charge on any atom is -0.359 e. The number of hydrogen-bond donors (Lipinski definition) is 0. The number of aryl methyl sites for hydroxylation is 1. The van der Waals surface area contributed by atoms with E-state index in [1.165, 1.54) is 32.1 Å². The summed E-state index contributed by atoms with van der Waals surface area (Å²) in [5.41, 5.74) is 0. The van der Waals surface area contributed by atoms with Crippen LogP contribution >= 0.6 is 15.9 Å². The zero-order valence-electron chi connectivity index (χ0n) is 11.3. The van der Waals surface area contributed by atoms with Crippen molar-refractivity contribution in [1.82, 2.24) is 9.97 Å². The number of halogens is 1. The first kappa shape index (κ1) is 13.8. The van der Waals surface area contributed by atoms with E-state index in [4.69, 9.17) is 0 Å². The maximum Gasteiger partial charge on any atom is 0.133 e. The fraction of sp³-hybridized carbons (Fsp3) is 0.714. The van der Waals surface area contributed by atoms with Crippen LogP contribution in [-0.2, 0) is 6.42 Å². The molecular formula is C14H22BrN3. The standard InChI is InChI=1S/C14H22BrN3/c1-3-13-16-12(15)9-14(17-13)18(2)10-11-7-5-4-6-8-11/h9,11H,3-8,10H2,1-2H3. The predicted molar refractivity (Wildman–Crippen MR) is 79.0 cm³/mol. The van der Waals surface area contributed by atoms with Gasteiger partial charge in [0.1, 0.15) is 16.2 Å². The van der Waals surface area contributed by atoms with Crippen LogP contribution in [0.15, 0.2) is 10.7 Å². The molecular weight excluding hydrogens is 290 g/mol. The van der Waals surface area contributed by atoms with Crippen LogP contribution in [0.3, 0.4) is 0 Å². The van der Waals surface area contributed by atoms with Crippen molar-refractivity contribution in [2.24, 2.45) is 5.92 Å². The average molecular weight is 312 g/mol. The molecule has 1 aliphatic rings. The van der Waals surface area contributed by atoms with Gasteiger partial charge in [0.15, 0.2) is 0 Å². The van der Waals surface area contributed by atoms with E-state index < -0.39 is 0 Å². The van der Waals surface area contributed by atoms with Crippen molar-refractivity contribution in [3.05, 3.63) is 16.5 Å². The number of nitrogens with zero attached hydrogens (tertiary/aromatic N) is 3. The van der Waals surface area contributed by atoms with Crippen molar-refractivity contribution in [2.75, 3.05) is 18.5 Å². The Hall–Kier alpha value is -0.640. The molecule has 0 bridgehead atoms. The molecule has 2 rings (SSSR count). The lowest BCUT2D eigenvalue weighted by molar-refractivity contribution is 0.361. The fourth-order valence-corrected chi connectivity index (χ4v) is 3.07. The molecule has 1 heterocycles. The molecule has 0 unspecified atom stereocenters. The minimum atomic E-state index is 0.836. The van der Waals surface area contributed by atoms with Gasteiger partial charge >= 0.3 is 0 Å². The van der Waals surface area contributed by atoms with Gasteiger partial charge in [-0.05, 0) is 34.7 Å². The molecule has 0 atom stereocenters. The average Bonchev–Trinajstić information content (AvgIpc) is 2.39. The Morgan fingerprint density at radius 1 is 1.28 bits per heavy atom. The SMILES string of the molecule is CCc1nc(Br)cc(N(C)CC2CCCCC2)n1. The van der Waals surface area contributed by atoms with E-state index in [1.54, 1.807) is 0 Å². The van der Waals surface area contributed by atoms with Gasteiger partial charge in [-0.3, -0.25) is 0 Å². The van der Waals surface area contributed by atoms with Crippen molar-refractivity contribution >= 4 is 21.7 Å². The van der Waals surface area contributed by atoms with Crippen molar-refractivity contribution in [2.45, 2.75) is 45.4 Å². The Morgan fingerprint density at radius 2 is 2.00 bits per heavy atom. The van der Waals surface area contributed by atoms with Gasteiger partial charge in [0.05, 0.1) is 0 Å². The Bertz CT molecular complexity index is 389. The van der Waals surface area contributed by atoms with Gasteiger partial charge < -0.3 is 4.90 Å². The molecule has 1 aromatic rings. The van der Waals surface area contributed by atoms with E-state index >= 15 is 0 Å². The summed E-state index contributed by atoms with van der Waals surface area (Å²) in [5, 5.41) is 0. The third-order valence-corrected chi connectivity index (χ3v) is 4.10. The highest BCUT2D eigenvalue weighted by Crippen LogP contribution is 2.26. The lowest BCUT2D eigenvalue weighted by Gasteiger charge is -2.27. The van der Waals surface area contributed by atoms with E-state index in [2.05, 4.69) is 44.8 Å². The van der Waals surface area contributed by atoms with Gasteiger partial charge in [0.2, 0.25) is 0 Å². The minimum absolute atomic E-state index is 0.836. The molecule has 100 valence electrons. The van der Waals surface area contributed by atoms with Crippen molar-refractivity contribution in [3.63, 3.8) is 0 Å². The summed E-state index contributed by atoms with van der Waals surface area (Å²) in [6, 6.07) is 2.02. The van der Waals surface area contributed by atoms with Crippen LogP contribution in [0, 0.1) is 5.92 Å². The molecule has 4 heteroatoms. The smallest absolute Gasteiger partial charge is 0.133 e. The van der Waals surface area contributed by atoms with E-state index in [0.717, 1.165) is 35.1 Å². The van der Waals surface area contributed by atoms with Crippen molar-refractivity contribution in [1.29, 1.82) is 0 Å². The van der Waals surface area contributed by atoms with Crippen LogP contribution < -0.4 is 4.90 Å². The maximum absolute atomic E-state index is 4.60. The Kier molecular flexibility index (Phi) is 4.98. The molecule has 0 amide bonds. The molecule has 0 N–H and O–H groups in total. The molecule has 3 nitrogen and oxygen atoms in total. The summed E-state index contributed by atoms with van der Waals surface area (Å²) >= 11 is 3.47. The van der Waals surface area contributed by atoms with E-state index in [9.17, 15) is 0 Å². The number of rotatable bonds is 4. The largest absolute Gasteiger partial charge is 0.359 e. The monoisotopic (exact) mass is 311 g/mol. The highest BCUT2D eigenvalue weighted by atomic mass is 79.9. The third kappa shape index (κ3) is 3.67. The maximum atomic E-state index is 4.60. The molecule has 0 spiro atoms. The van der Waals surface area contributed by atoms with Crippen LogP contribution in [0.2, 0.25) is 0 Å². The van der Waals surface area contributed by atoms with Gasteiger partial charge in [0.25, 0.3) is 0 Å². The molecule has 0 radical (unpaired) electrons. The Morgan fingerprint density at radius 3 is 2.67 bits per heavy atom. The van der Waals surface area contributed by atoms with E-state index in [0.29, 0.717) is 0 Å². The second-order valence-electron chi connectivity index (χ2n) is 5.20. The molecule has 18 heavy (non-hydrogen) atoms. The van der Waals surface area contributed by atoms with Gasteiger partial charge in [-0.2, -0.15) is 0 Å². The number of anilines is 1. The topological polar surface area (TPSA) is 29.0 Å². The van der Waals surface area contributed by atoms with Crippen molar-refractivity contribution in [3.8, 4) is 0 Å². The lowest BCUT2D eigenvalue weighted by atomic mass is 9.89. The molecule has 1 fully saturated rings. The Balaban J connectivity index is 2.02. The molecule has 1 aromatic heterocycles. The second-order valence-corrected chi connectivity index (χ2v) is 6.02. The predicted octanol–water partition coefficient (Wildman–Crippen LogP) is 3.82. The summed E-state index contributed by atoms with van der Waals surface area (Å²) in [5.74, 6) is 2.79. The second kappa shape index (κ2) is 6.50. The zero-order valence-corrected chi connectivity index (χ0v) is 12.9. The quantitative estimate of drug-likeness (QED) is 0.792. The van der Waals surface area contributed by atoms with Crippen LogP contribution in [0.1, 0.15) is 44.9 Å². The van der Waals surface area contributed by atoms with Gasteiger partial charge in [-0.1, -0.05) is 26.2 Å². The van der Waals surface area contributed by atoms with Crippen LogP contribution in [0.5, 0.6) is 0 Å². The zero-order chi connectivity index (χ0) is 13.0. The van der Waals surface area contributed by atoms with Crippen LogP contribution in [-0.4, -0.2) is 23.6 Å².